The number of carbonyl (C=O) groups is 1. The molecule has 1 rings (SSSR count). The molecule has 0 amide bonds. The molecule has 0 saturated heterocycles. The van der Waals surface area contributed by atoms with Crippen LogP contribution in [0.25, 0.3) is 0 Å². The van der Waals surface area contributed by atoms with Crippen LogP contribution in [0.4, 0.5) is 14.5 Å². The van der Waals surface area contributed by atoms with Crippen LogP contribution in [0.3, 0.4) is 0 Å². The van der Waals surface area contributed by atoms with E-state index in [2.05, 4.69) is 9.72 Å². The Hall–Kier alpha value is -1.76. The average Bonchev–Trinajstić information content (AvgIpc) is 2.27. The van der Waals surface area contributed by atoms with Gasteiger partial charge in [-0.25, -0.2) is 18.6 Å². The maximum Gasteiger partial charge on any atom is 0.357 e. The predicted molar refractivity (Wildman–Crippen MR) is 57.5 cm³/mol. The molecule has 0 bridgehead atoms. The fourth-order valence-electron chi connectivity index (χ4n) is 1.32. The molecule has 5 nitrogen and oxygen atoms in total. The lowest BCUT2D eigenvalue weighted by Crippen LogP contribution is -2.15. The molecule has 1 heterocycles. The second-order valence-corrected chi connectivity index (χ2v) is 3.19. The second-order valence-electron chi connectivity index (χ2n) is 3.19. The van der Waals surface area contributed by atoms with Gasteiger partial charge in [0.05, 0.1) is 17.9 Å². The standard InChI is InChI=1S/C10H13F2N3O2/c1-2-17-10(16)8-7(9(11)12)6(14)3-5(4-13)15-8/h3,9H,2,4,13H2,1H3,(H2,14,15). The Labute approximate surface area is 96.8 Å². The number of nitrogens with zero attached hydrogens (tertiary/aromatic N) is 1. The number of nitrogen functional groups attached to an aromatic ring is 1. The van der Waals surface area contributed by atoms with Crippen LogP contribution in [-0.4, -0.2) is 17.6 Å². The number of alkyl halides is 2. The summed E-state index contributed by atoms with van der Waals surface area (Å²) in [7, 11) is 0. The number of halogens is 2. The maximum absolute atomic E-state index is 12.8. The smallest absolute Gasteiger partial charge is 0.357 e. The summed E-state index contributed by atoms with van der Waals surface area (Å²) in [6.45, 7) is 1.63. The maximum atomic E-state index is 12.8. The van der Waals surface area contributed by atoms with E-state index in [4.69, 9.17) is 11.5 Å². The third-order valence-corrected chi connectivity index (χ3v) is 2.04. The van der Waals surface area contributed by atoms with Crippen LogP contribution in [0.1, 0.15) is 35.1 Å². The SMILES string of the molecule is CCOC(=O)c1nc(CN)cc(N)c1C(F)F. The lowest BCUT2D eigenvalue weighted by atomic mass is 10.1. The summed E-state index contributed by atoms with van der Waals surface area (Å²) >= 11 is 0. The summed E-state index contributed by atoms with van der Waals surface area (Å²) < 4.78 is 30.2. The predicted octanol–water partition coefficient (Wildman–Crippen LogP) is 1.24. The number of nitrogens with two attached hydrogens (primary N) is 2. The van der Waals surface area contributed by atoms with Gasteiger partial charge in [0.2, 0.25) is 0 Å². The van der Waals surface area contributed by atoms with E-state index in [9.17, 15) is 13.6 Å². The minimum absolute atomic E-state index is 0.000122. The Bertz CT molecular complexity index is 424. The van der Waals surface area contributed by atoms with Gasteiger partial charge in [0.15, 0.2) is 5.69 Å². The Morgan fingerprint density at radius 3 is 2.71 bits per heavy atom. The van der Waals surface area contributed by atoms with Crippen LogP contribution in [0, 0.1) is 0 Å². The van der Waals surface area contributed by atoms with E-state index >= 15 is 0 Å². The molecule has 1 aromatic rings. The molecule has 0 unspecified atom stereocenters. The highest BCUT2D eigenvalue weighted by molar-refractivity contribution is 5.90. The van der Waals surface area contributed by atoms with Crippen molar-refractivity contribution in [3.05, 3.63) is 23.0 Å². The zero-order valence-corrected chi connectivity index (χ0v) is 9.24. The summed E-state index contributed by atoms with van der Waals surface area (Å²) in [6.07, 6.45) is -2.89. The Morgan fingerprint density at radius 2 is 2.24 bits per heavy atom. The van der Waals surface area contributed by atoms with Gasteiger partial charge < -0.3 is 16.2 Å². The highest BCUT2D eigenvalue weighted by atomic mass is 19.3. The van der Waals surface area contributed by atoms with Gasteiger partial charge in [-0.2, -0.15) is 0 Å². The molecule has 0 radical (unpaired) electrons. The van der Waals surface area contributed by atoms with Gasteiger partial charge in [-0.1, -0.05) is 0 Å². The summed E-state index contributed by atoms with van der Waals surface area (Å²) in [5.41, 5.74) is 9.75. The minimum Gasteiger partial charge on any atom is -0.461 e. The molecule has 94 valence electrons. The number of hydrogen-bond donors (Lipinski definition) is 2. The second kappa shape index (κ2) is 5.53. The van der Waals surface area contributed by atoms with Crippen LogP contribution in [0.15, 0.2) is 6.07 Å². The molecule has 1 aromatic heterocycles. The van der Waals surface area contributed by atoms with Crippen LogP contribution in [0.2, 0.25) is 0 Å². The number of pyridine rings is 1. The molecule has 0 aliphatic carbocycles. The van der Waals surface area contributed by atoms with E-state index < -0.39 is 23.7 Å². The molecular weight excluding hydrogens is 232 g/mol. The van der Waals surface area contributed by atoms with Crippen molar-refractivity contribution in [1.82, 2.24) is 4.98 Å². The van der Waals surface area contributed by atoms with E-state index in [-0.39, 0.29) is 24.5 Å². The van der Waals surface area contributed by atoms with E-state index in [0.717, 1.165) is 0 Å². The average molecular weight is 245 g/mol. The van der Waals surface area contributed by atoms with Gasteiger partial charge >= 0.3 is 5.97 Å². The number of esters is 1. The van der Waals surface area contributed by atoms with E-state index in [0.29, 0.717) is 0 Å². The monoisotopic (exact) mass is 245 g/mol. The number of carbonyl (C=O) groups excluding carboxylic acids is 1. The number of hydrogen-bond acceptors (Lipinski definition) is 5. The van der Waals surface area contributed by atoms with Crippen LogP contribution in [-0.2, 0) is 11.3 Å². The highest BCUT2D eigenvalue weighted by Crippen LogP contribution is 2.28. The van der Waals surface area contributed by atoms with Gasteiger partial charge in [-0.3, -0.25) is 0 Å². The number of rotatable bonds is 4. The van der Waals surface area contributed by atoms with Crippen LogP contribution >= 0.6 is 0 Å². The molecule has 0 atom stereocenters. The third kappa shape index (κ3) is 2.88. The third-order valence-electron chi connectivity index (χ3n) is 2.04. The quantitative estimate of drug-likeness (QED) is 0.778. The molecule has 7 heteroatoms. The van der Waals surface area contributed by atoms with Gasteiger partial charge in [-0.15, -0.1) is 0 Å². The van der Waals surface area contributed by atoms with Crippen molar-refractivity contribution in [2.45, 2.75) is 19.9 Å². The van der Waals surface area contributed by atoms with E-state index in [1.165, 1.54) is 6.07 Å². The molecule has 0 aromatic carbocycles. The van der Waals surface area contributed by atoms with Gasteiger partial charge in [0.1, 0.15) is 0 Å². The summed E-state index contributed by atoms with van der Waals surface area (Å²) in [5, 5.41) is 0. The molecule has 0 saturated carbocycles. The number of ether oxygens (including phenoxy) is 1. The molecule has 17 heavy (non-hydrogen) atoms. The Morgan fingerprint density at radius 1 is 1.59 bits per heavy atom. The fraction of sp³-hybridized carbons (Fsp3) is 0.400. The van der Waals surface area contributed by atoms with Gasteiger partial charge in [-0.05, 0) is 13.0 Å². The normalized spacial score (nSPS) is 10.6. The molecule has 0 aliphatic heterocycles. The van der Waals surface area contributed by atoms with Crippen molar-refractivity contribution in [3.63, 3.8) is 0 Å². The van der Waals surface area contributed by atoms with Crippen LogP contribution < -0.4 is 11.5 Å². The van der Waals surface area contributed by atoms with Crippen molar-refractivity contribution >= 4 is 11.7 Å². The Kier molecular flexibility index (Phi) is 4.33. The topological polar surface area (TPSA) is 91.2 Å². The first-order chi connectivity index (χ1) is 8.01. The number of anilines is 1. The van der Waals surface area contributed by atoms with Crippen molar-refractivity contribution in [1.29, 1.82) is 0 Å². The summed E-state index contributed by atoms with van der Waals surface area (Å²) in [4.78, 5) is 15.2. The summed E-state index contributed by atoms with van der Waals surface area (Å²) in [5.74, 6) is -0.926. The first-order valence-electron chi connectivity index (χ1n) is 4.95. The zero-order chi connectivity index (χ0) is 13.0. The van der Waals surface area contributed by atoms with E-state index in [1.54, 1.807) is 6.92 Å². The Balaban J connectivity index is 3.32. The lowest BCUT2D eigenvalue weighted by Gasteiger charge is -2.11. The highest BCUT2D eigenvalue weighted by Gasteiger charge is 2.24. The van der Waals surface area contributed by atoms with E-state index in [1.807, 2.05) is 0 Å². The summed E-state index contributed by atoms with van der Waals surface area (Å²) in [6, 6.07) is 1.23. The lowest BCUT2D eigenvalue weighted by molar-refractivity contribution is 0.0507. The molecular formula is C10H13F2N3O2. The molecule has 4 N–H and O–H groups in total. The fourth-order valence-corrected chi connectivity index (χ4v) is 1.32. The molecule has 0 aliphatic rings. The van der Waals surface area contributed by atoms with Gasteiger partial charge in [0.25, 0.3) is 6.43 Å². The first kappa shape index (κ1) is 13.3. The van der Waals surface area contributed by atoms with Crippen molar-refractivity contribution in [2.75, 3.05) is 12.3 Å². The molecule has 0 fully saturated rings. The zero-order valence-electron chi connectivity index (χ0n) is 9.24. The van der Waals surface area contributed by atoms with Crippen molar-refractivity contribution < 1.29 is 18.3 Å². The van der Waals surface area contributed by atoms with Gasteiger partial charge in [0, 0.05) is 12.2 Å². The minimum atomic E-state index is -2.89. The first-order valence-corrected chi connectivity index (χ1v) is 4.95. The van der Waals surface area contributed by atoms with Crippen molar-refractivity contribution in [2.24, 2.45) is 5.73 Å². The van der Waals surface area contributed by atoms with Crippen LogP contribution in [0.5, 0.6) is 0 Å². The molecule has 0 spiro atoms. The largest absolute Gasteiger partial charge is 0.461 e. The number of aromatic nitrogens is 1. The van der Waals surface area contributed by atoms with Crippen molar-refractivity contribution in [3.8, 4) is 0 Å².